The molecule has 0 bridgehead atoms. The molecule has 1 unspecified atom stereocenters. The fraction of sp³-hybridized carbons (Fsp3) is 0.211. The highest BCUT2D eigenvalue weighted by Gasteiger charge is 2.45. The molecule has 3 rings (SSSR count). The number of amides is 1. The van der Waals surface area contributed by atoms with Crippen molar-refractivity contribution in [1.29, 1.82) is 5.26 Å². The lowest BCUT2D eigenvalue weighted by Gasteiger charge is -2.24. The smallest absolute Gasteiger partial charge is 0.418 e. The van der Waals surface area contributed by atoms with E-state index in [0.29, 0.717) is 21.6 Å². The monoisotopic (exact) mass is 500 g/mol. The first kappa shape index (κ1) is 20.3. The molecule has 0 aliphatic carbocycles. The van der Waals surface area contributed by atoms with E-state index in [2.05, 4.69) is 27.6 Å². The number of rotatable bonds is 4. The SMILES string of the molecule is Cc1cccc(C2=CC(C(F)(F)F)=C(C#N)C(=O)[NH+]2Cc2coc(CI)n2)c1. The minimum absolute atomic E-state index is 0.0327. The van der Waals surface area contributed by atoms with Gasteiger partial charge in [0.15, 0.2) is 5.57 Å². The van der Waals surface area contributed by atoms with Gasteiger partial charge in [-0.3, -0.25) is 0 Å². The van der Waals surface area contributed by atoms with Crippen LogP contribution in [0.3, 0.4) is 0 Å². The molecule has 1 aliphatic rings. The molecular weight excluding hydrogens is 486 g/mol. The van der Waals surface area contributed by atoms with Crippen LogP contribution >= 0.6 is 22.6 Å². The lowest BCUT2D eigenvalue weighted by molar-refractivity contribution is -0.755. The summed E-state index contributed by atoms with van der Waals surface area (Å²) in [5.74, 6) is -0.486. The number of halogens is 4. The van der Waals surface area contributed by atoms with Crippen LogP contribution in [0.15, 0.2) is 52.2 Å². The van der Waals surface area contributed by atoms with Crippen molar-refractivity contribution in [3.63, 3.8) is 0 Å². The normalized spacial score (nSPS) is 17.5. The number of allylic oxidation sites excluding steroid dienone is 2. The first-order chi connectivity index (χ1) is 13.2. The van der Waals surface area contributed by atoms with Gasteiger partial charge in [-0.05, 0) is 19.1 Å². The number of oxazole rings is 1. The maximum atomic E-state index is 13.5. The molecule has 28 heavy (non-hydrogen) atoms. The van der Waals surface area contributed by atoms with Gasteiger partial charge < -0.3 is 4.42 Å². The molecule has 1 aliphatic heterocycles. The van der Waals surface area contributed by atoms with Gasteiger partial charge in [0, 0.05) is 11.6 Å². The van der Waals surface area contributed by atoms with Crippen molar-refractivity contribution in [3.05, 3.63) is 70.5 Å². The molecular formula is C19H14F3IN3O2+. The van der Waals surface area contributed by atoms with Crippen molar-refractivity contribution in [2.75, 3.05) is 0 Å². The Morgan fingerprint density at radius 1 is 1.36 bits per heavy atom. The van der Waals surface area contributed by atoms with Crippen molar-refractivity contribution in [1.82, 2.24) is 4.98 Å². The number of alkyl halides is 4. The van der Waals surface area contributed by atoms with Crippen LogP contribution in [-0.4, -0.2) is 17.1 Å². The fourth-order valence-corrected chi connectivity index (χ4v) is 3.30. The van der Waals surface area contributed by atoms with Crippen molar-refractivity contribution < 1.29 is 27.3 Å². The molecule has 144 valence electrons. The predicted octanol–water partition coefficient (Wildman–Crippen LogP) is 3.27. The van der Waals surface area contributed by atoms with E-state index in [-0.39, 0.29) is 17.1 Å². The lowest BCUT2D eigenvalue weighted by atomic mass is 9.97. The van der Waals surface area contributed by atoms with E-state index >= 15 is 0 Å². The largest absolute Gasteiger partial charge is 0.448 e. The molecule has 9 heteroatoms. The highest BCUT2D eigenvalue weighted by molar-refractivity contribution is 14.1. The number of quaternary nitrogens is 1. The van der Waals surface area contributed by atoms with Gasteiger partial charge in [-0.2, -0.15) is 18.4 Å². The highest BCUT2D eigenvalue weighted by Crippen LogP contribution is 2.32. The van der Waals surface area contributed by atoms with Crippen molar-refractivity contribution in [2.45, 2.75) is 24.1 Å². The minimum Gasteiger partial charge on any atom is -0.448 e. The number of nitrogens with one attached hydrogen (secondary N) is 1. The molecule has 2 heterocycles. The van der Waals surface area contributed by atoms with Crippen LogP contribution in [0.1, 0.15) is 22.7 Å². The van der Waals surface area contributed by atoms with E-state index in [0.717, 1.165) is 11.6 Å². The van der Waals surface area contributed by atoms with Gasteiger partial charge >= 0.3 is 12.1 Å². The van der Waals surface area contributed by atoms with Crippen molar-refractivity contribution >= 4 is 34.2 Å². The van der Waals surface area contributed by atoms with Crippen LogP contribution in [0.5, 0.6) is 0 Å². The molecule has 0 fully saturated rings. The molecule has 0 saturated heterocycles. The van der Waals surface area contributed by atoms with Gasteiger partial charge in [0.2, 0.25) is 5.89 Å². The molecule has 5 nitrogen and oxygen atoms in total. The summed E-state index contributed by atoms with van der Waals surface area (Å²) in [4.78, 5) is 17.2. The van der Waals surface area contributed by atoms with E-state index in [1.807, 2.05) is 0 Å². The number of carbonyl (C=O) groups excluding carboxylic acids is 1. The molecule has 0 spiro atoms. The van der Waals surface area contributed by atoms with Crippen LogP contribution < -0.4 is 4.90 Å². The van der Waals surface area contributed by atoms with E-state index < -0.39 is 23.2 Å². The summed E-state index contributed by atoms with van der Waals surface area (Å²) in [6.45, 7) is 1.77. The molecule has 1 aromatic carbocycles. The summed E-state index contributed by atoms with van der Waals surface area (Å²) in [5.41, 5.74) is -0.271. The number of aromatic nitrogens is 1. The van der Waals surface area contributed by atoms with Crippen LogP contribution in [0.4, 0.5) is 13.2 Å². The van der Waals surface area contributed by atoms with Gasteiger partial charge in [-0.1, -0.05) is 40.3 Å². The van der Waals surface area contributed by atoms with Crippen LogP contribution in [0, 0.1) is 18.3 Å². The zero-order valence-corrected chi connectivity index (χ0v) is 16.8. The second kappa shape index (κ2) is 7.89. The number of hydrogen-bond acceptors (Lipinski definition) is 4. The zero-order valence-electron chi connectivity index (χ0n) is 14.6. The summed E-state index contributed by atoms with van der Waals surface area (Å²) in [6, 6.07) is 8.27. The van der Waals surface area contributed by atoms with Gasteiger partial charge in [0.1, 0.15) is 30.3 Å². The second-order valence-electron chi connectivity index (χ2n) is 6.18. The summed E-state index contributed by atoms with van der Waals surface area (Å²) in [6.07, 6.45) is -2.57. The van der Waals surface area contributed by atoms with Gasteiger partial charge in [0.25, 0.3) is 0 Å². The van der Waals surface area contributed by atoms with Crippen molar-refractivity contribution in [2.24, 2.45) is 0 Å². The van der Waals surface area contributed by atoms with E-state index in [9.17, 15) is 23.2 Å². The zero-order chi connectivity index (χ0) is 20.5. The Hall–Kier alpha value is -2.45. The van der Waals surface area contributed by atoms with E-state index in [1.54, 1.807) is 31.2 Å². The Bertz CT molecular complexity index is 1030. The lowest BCUT2D eigenvalue weighted by Crippen LogP contribution is -3.11. The quantitative estimate of drug-likeness (QED) is 0.517. The third kappa shape index (κ3) is 4.02. The molecule has 1 atom stereocenters. The second-order valence-corrected chi connectivity index (χ2v) is 6.94. The number of nitrogens with zero attached hydrogens (tertiary/aromatic N) is 2. The molecule has 2 aromatic rings. The van der Waals surface area contributed by atoms with E-state index in [4.69, 9.17) is 4.42 Å². The number of carbonyl (C=O) groups is 1. The first-order valence-corrected chi connectivity index (χ1v) is 9.67. The summed E-state index contributed by atoms with van der Waals surface area (Å²) < 4.78 is 46.2. The average molecular weight is 500 g/mol. The third-order valence-electron chi connectivity index (χ3n) is 4.20. The number of nitriles is 1. The average Bonchev–Trinajstić information content (AvgIpc) is 3.10. The molecule has 0 saturated carbocycles. The predicted molar refractivity (Wildman–Crippen MR) is 102 cm³/mol. The fourth-order valence-electron chi connectivity index (χ4n) is 2.95. The Balaban J connectivity index is 2.14. The van der Waals surface area contributed by atoms with Crippen LogP contribution in [0.2, 0.25) is 0 Å². The molecule has 0 radical (unpaired) electrons. The number of hydrogen-bond donors (Lipinski definition) is 1. The minimum atomic E-state index is -4.82. The van der Waals surface area contributed by atoms with Crippen molar-refractivity contribution in [3.8, 4) is 6.07 Å². The number of aryl methyl sites for hydroxylation is 1. The number of benzene rings is 1. The maximum absolute atomic E-state index is 13.5. The molecule has 1 aromatic heterocycles. The van der Waals surface area contributed by atoms with Gasteiger partial charge in [-0.15, -0.1) is 0 Å². The Labute approximate surface area is 172 Å². The maximum Gasteiger partial charge on any atom is 0.418 e. The molecule has 1 amide bonds. The summed E-state index contributed by atoms with van der Waals surface area (Å²) in [5, 5.41) is 9.22. The van der Waals surface area contributed by atoms with Crippen LogP contribution in [0.25, 0.3) is 5.70 Å². The van der Waals surface area contributed by atoms with Crippen LogP contribution in [-0.2, 0) is 15.8 Å². The summed E-state index contributed by atoms with van der Waals surface area (Å²) >= 11 is 2.06. The Morgan fingerprint density at radius 2 is 2.11 bits per heavy atom. The van der Waals surface area contributed by atoms with E-state index in [1.165, 1.54) is 12.3 Å². The van der Waals surface area contributed by atoms with Gasteiger partial charge in [-0.25, -0.2) is 14.7 Å². The molecule has 1 N–H and O–H groups in total. The third-order valence-corrected chi connectivity index (χ3v) is 4.85. The standard InChI is InChI=1S/C19H13F3IN3O2/c1-11-3-2-4-12(5-11)16-6-15(19(20,21)22)14(8-24)18(27)26(16)9-13-10-28-17(7-23)25-13/h2-6,10H,7,9H2,1H3/p+1. The van der Waals surface area contributed by atoms with Gasteiger partial charge in [0.05, 0.1) is 10.0 Å². The topological polar surface area (TPSA) is 71.3 Å². The first-order valence-electron chi connectivity index (χ1n) is 8.15. The Morgan fingerprint density at radius 3 is 2.68 bits per heavy atom. The Kier molecular flexibility index (Phi) is 5.71. The highest BCUT2D eigenvalue weighted by atomic mass is 127. The summed E-state index contributed by atoms with van der Waals surface area (Å²) in [7, 11) is 0.